The molecule has 8 nitrogen and oxygen atoms in total. The van der Waals surface area contributed by atoms with Crippen LogP contribution in [0.25, 0.3) is 0 Å². The number of carbonyl (C=O) groups is 2. The van der Waals surface area contributed by atoms with Crippen LogP contribution in [0.1, 0.15) is 49.9 Å². The highest BCUT2D eigenvalue weighted by Crippen LogP contribution is 2.26. The monoisotopic (exact) mass is 488 g/mol. The Labute approximate surface area is 201 Å². The fraction of sp³-hybridized carbons (Fsp3) is 0.440. The number of hydrogen-bond donors (Lipinski definition) is 1. The summed E-state index contributed by atoms with van der Waals surface area (Å²) in [5.41, 5.74) is 0.492. The minimum absolute atomic E-state index is 0.0508. The van der Waals surface area contributed by atoms with E-state index in [4.69, 9.17) is 9.47 Å². The molecule has 3 atom stereocenters. The molecule has 1 aliphatic rings. The molecule has 2 aromatic rings. The van der Waals surface area contributed by atoms with Gasteiger partial charge in [0.2, 0.25) is 0 Å². The second-order valence-electron chi connectivity index (χ2n) is 8.62. The minimum atomic E-state index is -3.93. The molecule has 9 heteroatoms. The number of nitrogens with zero attached hydrogens (tertiary/aromatic N) is 1. The Morgan fingerprint density at radius 1 is 1.09 bits per heavy atom. The van der Waals surface area contributed by atoms with Crippen LogP contribution in [0.2, 0.25) is 0 Å². The van der Waals surface area contributed by atoms with E-state index >= 15 is 0 Å². The van der Waals surface area contributed by atoms with Gasteiger partial charge in [0.1, 0.15) is 5.75 Å². The van der Waals surface area contributed by atoms with Gasteiger partial charge in [-0.3, -0.25) is 9.10 Å². The Balaban J connectivity index is 1.69. The smallest absolute Gasteiger partial charge is 0.338 e. The lowest BCUT2D eigenvalue weighted by Crippen LogP contribution is -2.46. The fourth-order valence-electron chi connectivity index (χ4n) is 3.99. The SMILES string of the molecule is COc1ccc(N(C)S(=O)(=O)c2cccc(C(=O)O[C@@H](C)C(=O)N[C@@H]3CCCC[C@@H]3C)c2)cc1. The van der Waals surface area contributed by atoms with Crippen molar-refractivity contribution in [2.75, 3.05) is 18.5 Å². The summed E-state index contributed by atoms with van der Waals surface area (Å²) < 4.78 is 37.8. The van der Waals surface area contributed by atoms with Crippen LogP contribution in [-0.4, -0.2) is 46.6 Å². The summed E-state index contributed by atoms with van der Waals surface area (Å²) in [6.45, 7) is 3.62. The number of benzene rings is 2. The summed E-state index contributed by atoms with van der Waals surface area (Å²) in [5, 5.41) is 2.97. The van der Waals surface area contributed by atoms with Crippen molar-refractivity contribution in [3.63, 3.8) is 0 Å². The highest BCUT2D eigenvalue weighted by Gasteiger charge is 2.27. The Kier molecular flexibility index (Phi) is 8.19. The third kappa shape index (κ3) is 5.88. The largest absolute Gasteiger partial charge is 0.497 e. The van der Waals surface area contributed by atoms with Gasteiger partial charge in [-0.1, -0.05) is 25.8 Å². The van der Waals surface area contributed by atoms with Crippen molar-refractivity contribution >= 4 is 27.6 Å². The molecule has 0 spiro atoms. The van der Waals surface area contributed by atoms with E-state index in [1.54, 1.807) is 24.3 Å². The molecule has 1 amide bonds. The van der Waals surface area contributed by atoms with Crippen LogP contribution in [0, 0.1) is 5.92 Å². The lowest BCUT2D eigenvalue weighted by molar-refractivity contribution is -0.130. The van der Waals surface area contributed by atoms with Gasteiger partial charge in [0.25, 0.3) is 15.9 Å². The molecular weight excluding hydrogens is 456 g/mol. The van der Waals surface area contributed by atoms with E-state index in [0.29, 0.717) is 17.4 Å². The normalized spacial score (nSPS) is 19.1. The molecule has 0 heterocycles. The van der Waals surface area contributed by atoms with E-state index in [1.807, 2.05) is 0 Å². The predicted octanol–water partition coefficient (Wildman–Crippen LogP) is 3.76. The maximum absolute atomic E-state index is 13.1. The number of ether oxygens (including phenoxy) is 2. The zero-order valence-corrected chi connectivity index (χ0v) is 20.8. The first-order chi connectivity index (χ1) is 16.1. The number of anilines is 1. The van der Waals surface area contributed by atoms with Gasteiger partial charge in [-0.25, -0.2) is 13.2 Å². The third-order valence-electron chi connectivity index (χ3n) is 6.26. The van der Waals surface area contributed by atoms with E-state index in [1.165, 1.54) is 45.3 Å². The van der Waals surface area contributed by atoms with E-state index in [2.05, 4.69) is 12.2 Å². The molecule has 34 heavy (non-hydrogen) atoms. The molecule has 1 aliphatic carbocycles. The summed E-state index contributed by atoms with van der Waals surface area (Å²) in [5.74, 6) is -0.126. The first kappa shape index (κ1) is 25.6. The topological polar surface area (TPSA) is 102 Å². The number of nitrogens with one attached hydrogen (secondary N) is 1. The van der Waals surface area contributed by atoms with Crippen molar-refractivity contribution in [3.8, 4) is 5.75 Å². The second kappa shape index (κ2) is 10.9. The van der Waals surface area contributed by atoms with E-state index in [9.17, 15) is 18.0 Å². The van der Waals surface area contributed by atoms with Crippen molar-refractivity contribution in [1.82, 2.24) is 5.32 Å². The predicted molar refractivity (Wildman–Crippen MR) is 129 cm³/mol. The molecule has 1 saturated carbocycles. The number of rotatable bonds is 8. The van der Waals surface area contributed by atoms with Gasteiger partial charge in [-0.15, -0.1) is 0 Å². The number of carbonyl (C=O) groups excluding carboxylic acids is 2. The summed E-state index contributed by atoms with van der Waals surface area (Å²) >= 11 is 0. The van der Waals surface area contributed by atoms with Gasteiger partial charge in [0.15, 0.2) is 6.10 Å². The number of amides is 1. The van der Waals surface area contributed by atoms with Crippen LogP contribution in [0.15, 0.2) is 53.4 Å². The zero-order valence-electron chi connectivity index (χ0n) is 20.0. The summed E-state index contributed by atoms with van der Waals surface area (Å²) in [7, 11) is -0.972. The van der Waals surface area contributed by atoms with Crippen molar-refractivity contribution in [3.05, 3.63) is 54.1 Å². The molecule has 0 bridgehead atoms. The summed E-state index contributed by atoms with van der Waals surface area (Å²) in [4.78, 5) is 25.2. The molecule has 184 valence electrons. The molecule has 1 fully saturated rings. The second-order valence-corrected chi connectivity index (χ2v) is 10.6. The van der Waals surface area contributed by atoms with Crippen molar-refractivity contribution in [2.45, 2.75) is 56.6 Å². The average molecular weight is 489 g/mol. The Morgan fingerprint density at radius 2 is 1.76 bits per heavy atom. The highest BCUT2D eigenvalue weighted by atomic mass is 32.2. The van der Waals surface area contributed by atoms with Crippen LogP contribution in [0.3, 0.4) is 0 Å². The van der Waals surface area contributed by atoms with Crippen LogP contribution in [-0.2, 0) is 19.6 Å². The molecule has 0 unspecified atom stereocenters. The maximum atomic E-state index is 13.1. The number of methoxy groups -OCH3 is 1. The molecule has 2 aromatic carbocycles. The zero-order chi connectivity index (χ0) is 24.9. The van der Waals surface area contributed by atoms with Gasteiger partial charge in [-0.2, -0.15) is 0 Å². The van der Waals surface area contributed by atoms with Crippen LogP contribution in [0.4, 0.5) is 5.69 Å². The van der Waals surface area contributed by atoms with Gasteiger partial charge >= 0.3 is 5.97 Å². The number of hydrogen-bond acceptors (Lipinski definition) is 6. The minimum Gasteiger partial charge on any atom is -0.497 e. The average Bonchev–Trinajstić information content (AvgIpc) is 2.85. The molecule has 1 N–H and O–H groups in total. The Hall–Kier alpha value is -3.07. The van der Waals surface area contributed by atoms with Gasteiger partial charge < -0.3 is 14.8 Å². The third-order valence-corrected chi connectivity index (χ3v) is 8.04. The Morgan fingerprint density at radius 3 is 2.41 bits per heavy atom. The molecular formula is C25H32N2O6S. The van der Waals surface area contributed by atoms with Gasteiger partial charge in [0.05, 0.1) is 23.3 Å². The maximum Gasteiger partial charge on any atom is 0.338 e. The highest BCUT2D eigenvalue weighted by molar-refractivity contribution is 7.92. The van der Waals surface area contributed by atoms with Crippen LogP contribution < -0.4 is 14.4 Å². The number of esters is 1. The van der Waals surface area contributed by atoms with Crippen molar-refractivity contribution in [1.29, 1.82) is 0 Å². The molecule has 0 aliphatic heterocycles. The van der Waals surface area contributed by atoms with E-state index < -0.39 is 22.1 Å². The van der Waals surface area contributed by atoms with Gasteiger partial charge in [-0.05, 0) is 68.1 Å². The molecule has 0 radical (unpaired) electrons. The molecule has 3 rings (SSSR count). The first-order valence-corrected chi connectivity index (χ1v) is 12.8. The Bertz CT molecular complexity index is 1120. The van der Waals surface area contributed by atoms with E-state index in [0.717, 1.165) is 30.0 Å². The van der Waals surface area contributed by atoms with Crippen LogP contribution >= 0.6 is 0 Å². The quantitative estimate of drug-likeness (QED) is 0.568. The fourth-order valence-corrected chi connectivity index (χ4v) is 5.23. The van der Waals surface area contributed by atoms with Gasteiger partial charge in [0, 0.05) is 13.1 Å². The molecule has 0 saturated heterocycles. The number of sulfonamides is 1. The lowest BCUT2D eigenvalue weighted by Gasteiger charge is -2.30. The van der Waals surface area contributed by atoms with Crippen molar-refractivity contribution < 1.29 is 27.5 Å². The first-order valence-electron chi connectivity index (χ1n) is 11.4. The lowest BCUT2D eigenvalue weighted by atomic mass is 9.86. The van der Waals surface area contributed by atoms with Crippen molar-refractivity contribution in [2.24, 2.45) is 5.92 Å². The van der Waals surface area contributed by atoms with Crippen LogP contribution in [0.5, 0.6) is 5.75 Å². The van der Waals surface area contributed by atoms with E-state index in [-0.39, 0.29) is 22.4 Å². The molecule has 0 aromatic heterocycles. The summed E-state index contributed by atoms with van der Waals surface area (Å²) in [6.07, 6.45) is 3.20. The summed E-state index contributed by atoms with van der Waals surface area (Å²) in [6, 6.07) is 12.2. The standard InChI is InChI=1S/C25H32N2O6S/c1-17-8-5-6-11-23(17)26-24(28)18(2)33-25(29)19-9-7-10-22(16-19)34(30,31)27(3)20-12-14-21(32-4)15-13-20/h7,9-10,12-18,23H,5-6,8,11H2,1-4H3,(H,26,28)/t17-,18-,23+/m0/s1.